The van der Waals surface area contributed by atoms with Crippen molar-refractivity contribution in [3.63, 3.8) is 0 Å². The molecule has 2 atom stereocenters. The number of nitrogens with one attached hydrogen (secondary N) is 1. The van der Waals surface area contributed by atoms with Gasteiger partial charge >= 0.3 is 0 Å². The Labute approximate surface area is 160 Å². The Bertz CT molecular complexity index is 713. The van der Waals surface area contributed by atoms with Gasteiger partial charge in [-0.05, 0) is 19.2 Å². The molecule has 7 nitrogen and oxygen atoms in total. The van der Waals surface area contributed by atoms with Gasteiger partial charge in [0.25, 0.3) is 0 Å². The molecule has 0 bridgehead atoms. The molecule has 0 saturated heterocycles. The lowest BCUT2D eigenvalue weighted by Gasteiger charge is -2.22. The number of hydrogen-bond donors (Lipinski definition) is 3. The Morgan fingerprint density at radius 3 is 2.56 bits per heavy atom. The van der Waals surface area contributed by atoms with Crippen LogP contribution in [0.3, 0.4) is 0 Å². The lowest BCUT2D eigenvalue weighted by atomic mass is 10.0. The van der Waals surface area contributed by atoms with E-state index in [1.165, 1.54) is 0 Å². The van der Waals surface area contributed by atoms with Gasteiger partial charge in [0.1, 0.15) is 0 Å². The number of nitrogens with zero attached hydrogens (tertiary/aromatic N) is 3. The van der Waals surface area contributed by atoms with Crippen LogP contribution in [0.5, 0.6) is 0 Å². The van der Waals surface area contributed by atoms with Crippen LogP contribution in [-0.4, -0.2) is 63.3 Å². The Hall–Kier alpha value is -2.38. The molecule has 1 amide bonds. The van der Waals surface area contributed by atoms with Gasteiger partial charge in [0.15, 0.2) is 0 Å². The summed E-state index contributed by atoms with van der Waals surface area (Å²) in [6.07, 6.45) is -0.247. The minimum absolute atomic E-state index is 0.156. The van der Waals surface area contributed by atoms with Gasteiger partial charge in [-0.1, -0.05) is 51.1 Å². The van der Waals surface area contributed by atoms with Crippen LogP contribution in [-0.2, 0) is 11.2 Å². The molecule has 2 rings (SSSR count). The second-order valence-electron chi connectivity index (χ2n) is 6.77. The Balaban J connectivity index is 1.88. The summed E-state index contributed by atoms with van der Waals surface area (Å²) in [5, 5.41) is 27.0. The van der Waals surface area contributed by atoms with E-state index in [4.69, 9.17) is 0 Å². The largest absolute Gasteiger partial charge is 0.411 e. The molecule has 1 heterocycles. The summed E-state index contributed by atoms with van der Waals surface area (Å²) < 4.78 is 0. The molecule has 0 fully saturated rings. The molecule has 3 N–H and O–H groups in total. The zero-order chi connectivity index (χ0) is 19.8. The van der Waals surface area contributed by atoms with Crippen LogP contribution in [0.2, 0.25) is 0 Å². The maximum absolute atomic E-state index is 12.3. The summed E-state index contributed by atoms with van der Waals surface area (Å²) in [4.78, 5) is 15.3. The van der Waals surface area contributed by atoms with Crippen LogP contribution in [0.25, 0.3) is 11.3 Å². The predicted octanol–water partition coefficient (Wildman–Crippen LogP) is 1.78. The first-order valence-electron chi connectivity index (χ1n) is 9.46. The van der Waals surface area contributed by atoms with Crippen LogP contribution < -0.4 is 5.32 Å². The first-order chi connectivity index (χ1) is 12.9. The standard InChI is InChI=1S/C20H30N4O3/c1-4-23(5-2)14-18(25)13-21-20(26)15(3)11-17-12-19(22-24(17)27)16-9-7-6-8-10-16/h6-10,12,15,18,25,27H,4-5,11,13-14H2,1-3H3,(H,21,26). The summed E-state index contributed by atoms with van der Waals surface area (Å²) in [5.41, 5.74) is 2.14. The second kappa shape index (κ2) is 10.1. The van der Waals surface area contributed by atoms with Gasteiger partial charge in [-0.2, -0.15) is 0 Å². The minimum atomic E-state index is -0.603. The fourth-order valence-electron chi connectivity index (χ4n) is 2.94. The van der Waals surface area contributed by atoms with E-state index in [2.05, 4.69) is 15.3 Å². The van der Waals surface area contributed by atoms with Crippen molar-refractivity contribution in [2.45, 2.75) is 33.3 Å². The summed E-state index contributed by atoms with van der Waals surface area (Å²) >= 11 is 0. The zero-order valence-electron chi connectivity index (χ0n) is 16.3. The number of hydrogen-bond acceptors (Lipinski definition) is 5. The zero-order valence-corrected chi connectivity index (χ0v) is 16.3. The molecule has 0 saturated carbocycles. The summed E-state index contributed by atoms with van der Waals surface area (Å²) in [5.74, 6) is -0.507. The first-order valence-corrected chi connectivity index (χ1v) is 9.46. The van der Waals surface area contributed by atoms with Crippen molar-refractivity contribution in [1.82, 2.24) is 20.2 Å². The molecule has 148 valence electrons. The van der Waals surface area contributed by atoms with Crippen LogP contribution in [0, 0.1) is 5.92 Å². The SMILES string of the molecule is CCN(CC)CC(O)CNC(=O)C(C)Cc1cc(-c2ccccc2)nn1O. The van der Waals surface area contributed by atoms with E-state index >= 15 is 0 Å². The quantitative estimate of drug-likeness (QED) is 0.552. The van der Waals surface area contributed by atoms with Crippen molar-refractivity contribution >= 4 is 5.91 Å². The van der Waals surface area contributed by atoms with Gasteiger partial charge < -0.3 is 20.5 Å². The molecule has 0 aliphatic carbocycles. The monoisotopic (exact) mass is 374 g/mol. The number of benzene rings is 1. The highest BCUT2D eigenvalue weighted by molar-refractivity contribution is 5.78. The van der Waals surface area contributed by atoms with Crippen molar-refractivity contribution in [3.8, 4) is 11.3 Å². The van der Waals surface area contributed by atoms with Crippen LogP contribution in [0.4, 0.5) is 0 Å². The second-order valence-corrected chi connectivity index (χ2v) is 6.77. The summed E-state index contributed by atoms with van der Waals surface area (Å²) in [6, 6.07) is 11.4. The van der Waals surface area contributed by atoms with Crippen molar-refractivity contribution in [2.75, 3.05) is 26.2 Å². The number of likely N-dealkylation sites (N-methyl/N-ethyl adjacent to an activating group) is 1. The molecular weight excluding hydrogens is 344 g/mol. The van der Waals surface area contributed by atoms with Gasteiger partial charge in [0.05, 0.1) is 17.5 Å². The van der Waals surface area contributed by atoms with Crippen molar-refractivity contribution in [1.29, 1.82) is 0 Å². The molecule has 0 aliphatic rings. The van der Waals surface area contributed by atoms with E-state index in [1.807, 2.05) is 44.2 Å². The van der Waals surface area contributed by atoms with E-state index in [0.29, 0.717) is 24.4 Å². The molecule has 1 aromatic carbocycles. The maximum Gasteiger partial charge on any atom is 0.223 e. The number of rotatable bonds is 10. The topological polar surface area (TPSA) is 90.6 Å². The molecule has 2 aromatic rings. The van der Waals surface area contributed by atoms with Crippen LogP contribution >= 0.6 is 0 Å². The number of amides is 1. The fourth-order valence-corrected chi connectivity index (χ4v) is 2.94. The molecule has 0 spiro atoms. The molecule has 2 unspecified atom stereocenters. The summed E-state index contributed by atoms with van der Waals surface area (Å²) in [6.45, 7) is 8.35. The number of carbonyl (C=O) groups is 1. The molecule has 0 radical (unpaired) electrons. The van der Waals surface area contributed by atoms with Crippen molar-refractivity contribution in [2.24, 2.45) is 5.92 Å². The lowest BCUT2D eigenvalue weighted by molar-refractivity contribution is -0.125. The van der Waals surface area contributed by atoms with Gasteiger partial charge in [0.2, 0.25) is 5.91 Å². The third kappa shape index (κ3) is 6.08. The highest BCUT2D eigenvalue weighted by Crippen LogP contribution is 2.20. The van der Waals surface area contributed by atoms with Crippen molar-refractivity contribution in [3.05, 3.63) is 42.1 Å². The Kier molecular flexibility index (Phi) is 7.82. The third-order valence-electron chi connectivity index (χ3n) is 4.67. The van der Waals surface area contributed by atoms with E-state index in [1.54, 1.807) is 13.0 Å². The van der Waals surface area contributed by atoms with E-state index in [9.17, 15) is 15.1 Å². The molecule has 1 aromatic heterocycles. The highest BCUT2D eigenvalue weighted by Gasteiger charge is 2.19. The molecule has 7 heteroatoms. The summed E-state index contributed by atoms with van der Waals surface area (Å²) in [7, 11) is 0. The minimum Gasteiger partial charge on any atom is -0.411 e. The first kappa shape index (κ1) is 20.9. The maximum atomic E-state index is 12.3. The number of aliphatic hydroxyl groups excluding tert-OH is 1. The van der Waals surface area contributed by atoms with Crippen LogP contribution in [0.1, 0.15) is 26.5 Å². The molecular formula is C20H30N4O3. The van der Waals surface area contributed by atoms with Crippen LogP contribution in [0.15, 0.2) is 36.4 Å². The fraction of sp³-hybridized carbons (Fsp3) is 0.500. The Morgan fingerprint density at radius 1 is 1.26 bits per heavy atom. The van der Waals surface area contributed by atoms with Crippen molar-refractivity contribution < 1.29 is 15.1 Å². The van der Waals surface area contributed by atoms with Gasteiger partial charge in [-0.25, -0.2) is 0 Å². The number of aliphatic hydroxyl groups is 1. The lowest BCUT2D eigenvalue weighted by Crippen LogP contribution is -2.41. The number of carbonyl (C=O) groups excluding carboxylic acids is 1. The molecule has 0 aliphatic heterocycles. The Morgan fingerprint density at radius 2 is 1.93 bits per heavy atom. The van der Waals surface area contributed by atoms with Gasteiger partial charge in [-0.15, -0.1) is 9.94 Å². The number of aromatic nitrogens is 2. The van der Waals surface area contributed by atoms with Gasteiger partial charge in [0, 0.05) is 31.0 Å². The van der Waals surface area contributed by atoms with Gasteiger partial charge in [-0.3, -0.25) is 4.79 Å². The average Bonchev–Trinajstić information content (AvgIpc) is 3.05. The average molecular weight is 374 g/mol. The normalized spacial score (nSPS) is 13.5. The van der Waals surface area contributed by atoms with E-state index in [0.717, 1.165) is 23.5 Å². The predicted molar refractivity (Wildman–Crippen MR) is 105 cm³/mol. The van der Waals surface area contributed by atoms with E-state index in [-0.39, 0.29) is 18.4 Å². The third-order valence-corrected chi connectivity index (χ3v) is 4.67. The smallest absolute Gasteiger partial charge is 0.223 e. The molecule has 27 heavy (non-hydrogen) atoms. The highest BCUT2D eigenvalue weighted by atomic mass is 16.5. The van der Waals surface area contributed by atoms with E-state index < -0.39 is 6.10 Å².